The molecule has 3 heterocycles. The zero-order valence-electron chi connectivity index (χ0n) is 16.4. The molecule has 2 aromatic heterocycles. The molecular formula is C19H26KN3O3S. The van der Waals surface area contributed by atoms with Crippen LogP contribution in [0.25, 0.3) is 10.2 Å². The number of hydrogen-bond donors (Lipinski definition) is 1. The first-order valence-electron chi connectivity index (χ1n) is 9.34. The molecule has 1 fully saturated rings. The van der Waals surface area contributed by atoms with Gasteiger partial charge in [0.15, 0.2) is 0 Å². The summed E-state index contributed by atoms with van der Waals surface area (Å²) in [4.78, 5) is 28.3. The summed E-state index contributed by atoms with van der Waals surface area (Å²) in [5, 5.41) is 17.6. The van der Waals surface area contributed by atoms with Gasteiger partial charge in [0.05, 0.1) is 5.56 Å². The second-order valence-corrected chi connectivity index (χ2v) is 8.02. The van der Waals surface area contributed by atoms with E-state index in [0.29, 0.717) is 16.8 Å². The van der Waals surface area contributed by atoms with Gasteiger partial charge < -0.3 is 15.3 Å². The maximum atomic E-state index is 12.8. The van der Waals surface area contributed by atoms with Crippen LogP contribution in [0.4, 0.5) is 0 Å². The minimum absolute atomic E-state index is 0. The number of amides is 1. The molecule has 1 N–H and O–H groups in total. The zero-order chi connectivity index (χ0) is 18.7. The molecule has 142 valence electrons. The van der Waals surface area contributed by atoms with Gasteiger partial charge in [-0.05, 0) is 64.2 Å². The molecule has 0 unspecified atom stereocenters. The van der Waals surface area contributed by atoms with Crippen molar-refractivity contribution in [3.05, 3.63) is 27.4 Å². The first kappa shape index (κ1) is 23.1. The Morgan fingerprint density at radius 3 is 2.67 bits per heavy atom. The molecule has 0 radical (unpaired) electrons. The van der Waals surface area contributed by atoms with Crippen LogP contribution in [0.5, 0.6) is 5.75 Å². The molecule has 0 atom stereocenters. The van der Waals surface area contributed by atoms with Crippen LogP contribution in [-0.2, 0) is 0 Å². The van der Waals surface area contributed by atoms with Gasteiger partial charge in [-0.2, -0.15) is 0 Å². The van der Waals surface area contributed by atoms with Gasteiger partial charge in [-0.15, -0.1) is 11.3 Å². The minimum atomic E-state index is -0.554. The molecule has 27 heavy (non-hydrogen) atoms. The molecule has 0 aliphatic carbocycles. The van der Waals surface area contributed by atoms with Crippen LogP contribution >= 0.6 is 11.3 Å². The van der Waals surface area contributed by atoms with Gasteiger partial charge in [-0.3, -0.25) is 14.2 Å². The van der Waals surface area contributed by atoms with Crippen molar-refractivity contribution in [1.29, 1.82) is 0 Å². The minimum Gasteiger partial charge on any atom is -0.871 e. The van der Waals surface area contributed by atoms with Crippen molar-refractivity contribution in [2.45, 2.75) is 45.6 Å². The summed E-state index contributed by atoms with van der Waals surface area (Å²) < 4.78 is 1.55. The number of fused-ring (bicyclic) bond motifs is 1. The van der Waals surface area contributed by atoms with Crippen LogP contribution in [0.1, 0.15) is 55.9 Å². The van der Waals surface area contributed by atoms with Gasteiger partial charge in [-0.25, -0.2) is 0 Å². The summed E-state index contributed by atoms with van der Waals surface area (Å²) in [5.41, 5.74) is -0.754. The van der Waals surface area contributed by atoms with Gasteiger partial charge in [0.2, 0.25) is 0 Å². The molecule has 1 aliphatic heterocycles. The monoisotopic (exact) mass is 415 g/mol. The number of thiophene rings is 1. The number of carbonyl (C=O) groups excluding carboxylic acids is 1. The first-order valence-corrected chi connectivity index (χ1v) is 10.2. The second-order valence-electron chi connectivity index (χ2n) is 7.12. The molecule has 8 heteroatoms. The summed E-state index contributed by atoms with van der Waals surface area (Å²) in [6.45, 7) is 7.40. The number of carbonyl (C=O) groups is 1. The van der Waals surface area contributed by atoms with Crippen molar-refractivity contribution < 1.29 is 61.3 Å². The van der Waals surface area contributed by atoms with Crippen LogP contribution in [-0.4, -0.2) is 41.6 Å². The summed E-state index contributed by atoms with van der Waals surface area (Å²) in [5.74, 6) is -1.02. The van der Waals surface area contributed by atoms with Crippen molar-refractivity contribution in [2.24, 2.45) is 0 Å². The Balaban J connectivity index is 0.00000261. The van der Waals surface area contributed by atoms with Crippen LogP contribution in [0, 0.1) is 0 Å². The fourth-order valence-corrected chi connectivity index (χ4v) is 4.58. The topological polar surface area (TPSA) is 77.4 Å². The van der Waals surface area contributed by atoms with E-state index in [1.807, 2.05) is 13.8 Å². The molecule has 0 spiro atoms. The molecule has 1 saturated heterocycles. The third-order valence-electron chi connectivity index (χ3n) is 4.90. The third kappa shape index (κ3) is 5.23. The molecule has 3 rings (SSSR count). The van der Waals surface area contributed by atoms with Crippen molar-refractivity contribution in [3.8, 4) is 5.75 Å². The molecule has 0 aromatic carbocycles. The quantitative estimate of drug-likeness (QED) is 0.501. The van der Waals surface area contributed by atoms with Crippen molar-refractivity contribution >= 4 is 27.5 Å². The Hall–Kier alpha value is -0.224. The van der Waals surface area contributed by atoms with E-state index in [1.54, 1.807) is 16.0 Å². The molecule has 6 nitrogen and oxygen atoms in total. The SMILES string of the molecule is CC(C)n1c(=O)c(C(=O)NCCCN2CCCCC2)c([O-])c2ccsc21.[K+]. The van der Waals surface area contributed by atoms with Crippen molar-refractivity contribution in [3.63, 3.8) is 0 Å². The van der Waals surface area contributed by atoms with E-state index in [1.165, 1.54) is 30.6 Å². The van der Waals surface area contributed by atoms with Gasteiger partial charge in [-0.1, -0.05) is 12.2 Å². The number of nitrogens with zero attached hydrogens (tertiary/aromatic N) is 2. The fraction of sp³-hybridized carbons (Fsp3) is 0.579. The standard InChI is InChI=1S/C19H27N3O3S.K/c1-13(2)22-18(25)15(16(23)14-7-12-26-19(14)22)17(24)20-8-6-11-21-9-4-3-5-10-21;/h7,12-13,23H,3-6,8-11H2,1-2H3,(H,20,24);/q;+1/p-1. The second kappa shape index (κ2) is 10.5. The predicted molar refractivity (Wildman–Crippen MR) is 103 cm³/mol. The van der Waals surface area contributed by atoms with Crippen molar-refractivity contribution in [1.82, 2.24) is 14.8 Å². The number of nitrogens with one attached hydrogen (secondary N) is 1. The van der Waals surface area contributed by atoms with E-state index in [2.05, 4.69) is 10.2 Å². The zero-order valence-corrected chi connectivity index (χ0v) is 20.4. The smallest absolute Gasteiger partial charge is 0.871 e. The van der Waals surface area contributed by atoms with Crippen LogP contribution in [0.3, 0.4) is 0 Å². The fourth-order valence-electron chi connectivity index (χ4n) is 3.55. The van der Waals surface area contributed by atoms with E-state index < -0.39 is 17.2 Å². The molecular weight excluding hydrogens is 389 g/mol. The van der Waals surface area contributed by atoms with Crippen molar-refractivity contribution in [2.75, 3.05) is 26.2 Å². The molecule has 0 saturated carbocycles. The van der Waals surface area contributed by atoms with Gasteiger partial charge >= 0.3 is 51.4 Å². The Kier molecular flexibility index (Phi) is 8.99. The Morgan fingerprint density at radius 1 is 1.30 bits per heavy atom. The number of pyridine rings is 1. The predicted octanol–water partition coefficient (Wildman–Crippen LogP) is -0.673. The van der Waals surface area contributed by atoms with Gasteiger partial charge in [0, 0.05) is 18.0 Å². The average Bonchev–Trinajstić information content (AvgIpc) is 3.09. The molecule has 1 amide bonds. The normalized spacial score (nSPS) is 15.1. The molecule has 1 aliphatic rings. The Morgan fingerprint density at radius 2 is 2.00 bits per heavy atom. The maximum absolute atomic E-state index is 12.8. The van der Waals surface area contributed by atoms with E-state index >= 15 is 0 Å². The number of hydrogen-bond acceptors (Lipinski definition) is 5. The molecule has 2 aromatic rings. The van der Waals surface area contributed by atoms with Crippen LogP contribution in [0.15, 0.2) is 16.2 Å². The first-order chi connectivity index (χ1) is 12.5. The van der Waals surface area contributed by atoms with Gasteiger partial charge in [0.1, 0.15) is 4.83 Å². The van der Waals surface area contributed by atoms with Gasteiger partial charge in [0.25, 0.3) is 11.5 Å². The molecule has 0 bridgehead atoms. The Bertz CT molecular complexity index is 841. The Labute approximate surface area is 206 Å². The summed E-state index contributed by atoms with van der Waals surface area (Å²) in [6, 6.07) is 1.57. The number of aromatic nitrogens is 1. The van der Waals surface area contributed by atoms with Crippen LogP contribution < -0.4 is 67.4 Å². The largest absolute Gasteiger partial charge is 1.00 e. The van der Waals surface area contributed by atoms with E-state index in [-0.39, 0.29) is 63.0 Å². The van der Waals surface area contributed by atoms with E-state index in [4.69, 9.17) is 0 Å². The van der Waals surface area contributed by atoms with E-state index in [0.717, 1.165) is 26.1 Å². The number of piperidine rings is 1. The van der Waals surface area contributed by atoms with E-state index in [9.17, 15) is 14.7 Å². The average molecular weight is 416 g/mol. The summed E-state index contributed by atoms with van der Waals surface area (Å²) >= 11 is 1.35. The summed E-state index contributed by atoms with van der Waals surface area (Å²) in [6.07, 6.45) is 4.59. The number of rotatable bonds is 6. The number of likely N-dealkylation sites (tertiary alicyclic amines) is 1. The maximum Gasteiger partial charge on any atom is 1.00 e. The van der Waals surface area contributed by atoms with Crippen LogP contribution in [0.2, 0.25) is 0 Å². The third-order valence-corrected chi connectivity index (χ3v) is 5.81. The summed E-state index contributed by atoms with van der Waals surface area (Å²) in [7, 11) is 0.